The zero-order valence-corrected chi connectivity index (χ0v) is 21.2. The smallest absolute Gasteiger partial charge is 0.226 e. The molecule has 1 aliphatic rings. The molecule has 2 heterocycles. The molecule has 172 valence electrons. The van der Waals surface area contributed by atoms with Crippen LogP contribution in [0.4, 0.5) is 0 Å². The largest absolute Gasteiger partial charge is 0.376 e. The van der Waals surface area contributed by atoms with Crippen LogP contribution in [0.5, 0.6) is 0 Å². The molecule has 1 saturated heterocycles. The minimum Gasteiger partial charge on any atom is -0.376 e. The maximum atomic E-state index is 5.95. The Balaban J connectivity index is 0.00000341. The third-order valence-corrected chi connectivity index (χ3v) is 5.20. The number of guanidine groups is 1. The molecular weight excluding hydrogens is 505 g/mol. The summed E-state index contributed by atoms with van der Waals surface area (Å²) < 4.78 is 11.3. The van der Waals surface area contributed by atoms with Gasteiger partial charge in [0.1, 0.15) is 0 Å². The van der Waals surface area contributed by atoms with Crippen molar-refractivity contribution in [2.24, 2.45) is 10.9 Å². The molecule has 0 saturated carbocycles. The molecule has 3 rings (SSSR count). The highest BCUT2D eigenvalue weighted by Crippen LogP contribution is 2.17. The van der Waals surface area contributed by atoms with E-state index in [2.05, 4.69) is 65.4 Å². The number of hydrogen-bond donors (Lipinski definition) is 1. The quantitative estimate of drug-likeness (QED) is 0.210. The number of ether oxygens (including phenoxy) is 1. The molecule has 1 atom stereocenters. The first-order chi connectivity index (χ1) is 14.7. The van der Waals surface area contributed by atoms with Crippen LogP contribution in [0.25, 0.3) is 0 Å². The molecule has 0 amide bonds. The van der Waals surface area contributed by atoms with Crippen LogP contribution in [-0.4, -0.2) is 53.8 Å². The second kappa shape index (κ2) is 13.7. The summed E-state index contributed by atoms with van der Waals surface area (Å²) in [5.41, 5.74) is 1.23. The van der Waals surface area contributed by atoms with Crippen molar-refractivity contribution in [3.63, 3.8) is 0 Å². The van der Waals surface area contributed by atoms with Gasteiger partial charge in [0.25, 0.3) is 0 Å². The molecule has 0 radical (unpaired) electrons. The number of rotatable bonds is 10. The third-order valence-electron chi connectivity index (χ3n) is 5.20. The lowest BCUT2D eigenvalue weighted by Gasteiger charge is -2.21. The van der Waals surface area contributed by atoms with Crippen LogP contribution in [-0.2, 0) is 17.8 Å². The van der Waals surface area contributed by atoms with Crippen molar-refractivity contribution in [2.75, 3.05) is 32.8 Å². The fraction of sp³-hybridized carbons (Fsp3) is 0.609. The normalized spacial score (nSPS) is 16.6. The van der Waals surface area contributed by atoms with E-state index in [-0.39, 0.29) is 24.0 Å². The highest BCUT2D eigenvalue weighted by molar-refractivity contribution is 14.0. The Bertz CT molecular complexity index is 781. The summed E-state index contributed by atoms with van der Waals surface area (Å²) in [5.74, 6) is 3.32. The number of halogens is 1. The van der Waals surface area contributed by atoms with Crippen molar-refractivity contribution >= 4 is 29.9 Å². The van der Waals surface area contributed by atoms with Gasteiger partial charge in [-0.2, -0.15) is 4.98 Å². The van der Waals surface area contributed by atoms with Crippen LogP contribution in [0.15, 0.2) is 39.8 Å². The molecule has 1 unspecified atom stereocenters. The van der Waals surface area contributed by atoms with Gasteiger partial charge in [-0.25, -0.2) is 0 Å². The lowest BCUT2D eigenvalue weighted by atomic mass is 10.1. The van der Waals surface area contributed by atoms with E-state index in [0.717, 1.165) is 63.8 Å². The zero-order valence-electron chi connectivity index (χ0n) is 18.9. The predicted octanol–water partition coefficient (Wildman–Crippen LogP) is 4.25. The maximum Gasteiger partial charge on any atom is 0.226 e. The van der Waals surface area contributed by atoms with Crippen LogP contribution < -0.4 is 5.32 Å². The molecule has 0 aliphatic carbocycles. The van der Waals surface area contributed by atoms with Gasteiger partial charge in [0.15, 0.2) is 11.8 Å². The number of likely N-dealkylation sites (tertiary alicyclic amines) is 1. The number of aromatic nitrogens is 2. The Morgan fingerprint density at radius 2 is 2.13 bits per heavy atom. The summed E-state index contributed by atoms with van der Waals surface area (Å²) in [6.07, 6.45) is 2.80. The summed E-state index contributed by atoms with van der Waals surface area (Å²) >= 11 is 0. The van der Waals surface area contributed by atoms with E-state index in [0.29, 0.717) is 24.3 Å². The zero-order chi connectivity index (χ0) is 21.2. The highest BCUT2D eigenvalue weighted by Gasteiger charge is 2.25. The van der Waals surface area contributed by atoms with Crippen LogP contribution in [0.1, 0.15) is 56.8 Å². The molecule has 1 aliphatic heterocycles. The van der Waals surface area contributed by atoms with Crippen molar-refractivity contribution in [3.05, 3.63) is 47.6 Å². The van der Waals surface area contributed by atoms with Gasteiger partial charge in [-0.05, 0) is 25.3 Å². The fourth-order valence-corrected chi connectivity index (χ4v) is 3.52. The minimum atomic E-state index is 0. The third kappa shape index (κ3) is 8.40. The summed E-state index contributed by atoms with van der Waals surface area (Å²) in [7, 11) is 0. The molecule has 1 aromatic carbocycles. The standard InChI is InChI=1S/C23H35N5O2.HI/c1-4-24-23(25-13-8-11-21-26-22(18(2)3)27-30-21)28-14-12-20(15-28)17-29-16-19-9-6-5-7-10-19;/h5-7,9-10,18,20H,4,8,11-17H2,1-3H3,(H,24,25);1H. The van der Waals surface area contributed by atoms with Crippen molar-refractivity contribution in [1.82, 2.24) is 20.4 Å². The van der Waals surface area contributed by atoms with Gasteiger partial charge in [0, 0.05) is 44.4 Å². The summed E-state index contributed by atoms with van der Waals surface area (Å²) in [6.45, 7) is 11.3. The molecule has 8 heteroatoms. The maximum absolute atomic E-state index is 5.95. The second-order valence-corrected chi connectivity index (χ2v) is 8.14. The SMILES string of the molecule is CCNC(=NCCCc1nc(C(C)C)no1)N1CCC(COCc2ccccc2)C1.I. The van der Waals surface area contributed by atoms with Crippen molar-refractivity contribution in [3.8, 4) is 0 Å². The first kappa shape index (κ1) is 25.6. The average Bonchev–Trinajstić information content (AvgIpc) is 3.41. The topological polar surface area (TPSA) is 75.8 Å². The lowest BCUT2D eigenvalue weighted by Crippen LogP contribution is -2.40. The molecule has 0 bridgehead atoms. The van der Waals surface area contributed by atoms with Gasteiger partial charge < -0.3 is 19.5 Å². The van der Waals surface area contributed by atoms with E-state index in [1.807, 2.05) is 6.07 Å². The Kier molecular flexibility index (Phi) is 11.3. The number of nitrogens with one attached hydrogen (secondary N) is 1. The average molecular weight is 541 g/mol. The Morgan fingerprint density at radius 1 is 1.32 bits per heavy atom. The van der Waals surface area contributed by atoms with Crippen LogP contribution >= 0.6 is 24.0 Å². The van der Waals surface area contributed by atoms with Gasteiger partial charge in [-0.1, -0.05) is 49.3 Å². The number of aryl methyl sites for hydroxylation is 1. The van der Waals surface area contributed by atoms with Gasteiger partial charge in [-0.3, -0.25) is 4.99 Å². The summed E-state index contributed by atoms with van der Waals surface area (Å²) in [6, 6.07) is 10.3. The fourth-order valence-electron chi connectivity index (χ4n) is 3.52. The van der Waals surface area contributed by atoms with Gasteiger partial charge in [-0.15, -0.1) is 24.0 Å². The number of aliphatic imine (C=N–C) groups is 1. The first-order valence-electron chi connectivity index (χ1n) is 11.1. The van der Waals surface area contributed by atoms with E-state index in [1.54, 1.807) is 0 Å². The molecule has 1 N–H and O–H groups in total. The van der Waals surface area contributed by atoms with Gasteiger partial charge >= 0.3 is 0 Å². The van der Waals surface area contributed by atoms with E-state index in [9.17, 15) is 0 Å². The summed E-state index contributed by atoms with van der Waals surface area (Å²) in [4.78, 5) is 11.6. The molecule has 2 aromatic rings. The van der Waals surface area contributed by atoms with E-state index in [4.69, 9.17) is 14.3 Å². The second-order valence-electron chi connectivity index (χ2n) is 8.14. The van der Waals surface area contributed by atoms with Crippen LogP contribution in [0.2, 0.25) is 0 Å². The predicted molar refractivity (Wildman–Crippen MR) is 134 cm³/mol. The highest BCUT2D eigenvalue weighted by atomic mass is 127. The molecule has 0 spiro atoms. The van der Waals surface area contributed by atoms with E-state index in [1.165, 1.54) is 5.56 Å². The summed E-state index contributed by atoms with van der Waals surface area (Å²) in [5, 5.41) is 7.45. The number of benzene rings is 1. The van der Waals surface area contributed by atoms with E-state index < -0.39 is 0 Å². The number of nitrogens with zero attached hydrogens (tertiary/aromatic N) is 4. The van der Waals surface area contributed by atoms with Crippen LogP contribution in [0.3, 0.4) is 0 Å². The Morgan fingerprint density at radius 3 is 2.84 bits per heavy atom. The Labute approximate surface area is 203 Å². The van der Waals surface area contributed by atoms with Crippen LogP contribution in [0, 0.1) is 5.92 Å². The number of hydrogen-bond acceptors (Lipinski definition) is 5. The van der Waals surface area contributed by atoms with E-state index >= 15 is 0 Å². The van der Waals surface area contributed by atoms with Gasteiger partial charge in [0.2, 0.25) is 5.89 Å². The van der Waals surface area contributed by atoms with Crippen molar-refractivity contribution in [1.29, 1.82) is 0 Å². The molecule has 31 heavy (non-hydrogen) atoms. The van der Waals surface area contributed by atoms with Crippen molar-refractivity contribution < 1.29 is 9.26 Å². The monoisotopic (exact) mass is 541 g/mol. The Hall–Kier alpha value is -1.68. The minimum absolute atomic E-state index is 0. The molecule has 1 fully saturated rings. The lowest BCUT2D eigenvalue weighted by molar-refractivity contribution is 0.0907. The van der Waals surface area contributed by atoms with Gasteiger partial charge in [0.05, 0.1) is 13.2 Å². The molecule has 7 nitrogen and oxygen atoms in total. The molecular formula is C23H36IN5O2. The molecule has 1 aromatic heterocycles. The first-order valence-corrected chi connectivity index (χ1v) is 11.1. The van der Waals surface area contributed by atoms with Crippen molar-refractivity contribution in [2.45, 2.75) is 52.6 Å².